The Labute approximate surface area is 155 Å². The second-order valence-corrected chi connectivity index (χ2v) is 8.15. The molecule has 6 nitrogen and oxygen atoms in total. The van der Waals surface area contributed by atoms with Crippen LogP contribution in [0.5, 0.6) is 0 Å². The van der Waals surface area contributed by atoms with Gasteiger partial charge in [0.1, 0.15) is 0 Å². The lowest BCUT2D eigenvalue weighted by molar-refractivity contribution is -0.117. The Balaban J connectivity index is 1.37. The molecule has 0 atom stereocenters. The minimum atomic E-state index is 0.0655. The van der Waals surface area contributed by atoms with Crippen molar-refractivity contribution in [3.63, 3.8) is 0 Å². The molecule has 2 aliphatic heterocycles. The summed E-state index contributed by atoms with van der Waals surface area (Å²) in [6.45, 7) is 6.88. The van der Waals surface area contributed by atoms with Crippen molar-refractivity contribution in [3.8, 4) is 0 Å². The Hall–Kier alpha value is -1.02. The highest BCUT2D eigenvalue weighted by molar-refractivity contribution is 7.13. The molecule has 2 N–H and O–H groups in total. The molecule has 140 valence electrons. The molecule has 0 aliphatic carbocycles. The number of piperidine rings is 1. The minimum Gasteiger partial charge on any atom is -0.320 e. The van der Waals surface area contributed by atoms with E-state index in [1.54, 1.807) is 0 Å². The van der Waals surface area contributed by atoms with Crippen molar-refractivity contribution in [1.29, 1.82) is 0 Å². The number of nitrogens with zero attached hydrogens (tertiary/aromatic N) is 3. The predicted molar refractivity (Wildman–Crippen MR) is 103 cm³/mol. The largest absolute Gasteiger partial charge is 0.320 e. The van der Waals surface area contributed by atoms with Crippen LogP contribution in [0.2, 0.25) is 0 Å². The summed E-state index contributed by atoms with van der Waals surface area (Å²) in [7, 11) is 2.01. The van der Waals surface area contributed by atoms with E-state index in [1.165, 1.54) is 56.5 Å². The topological polar surface area (TPSA) is 60.5 Å². The number of carbonyl (C=O) groups excluding carboxylic acids is 1. The van der Waals surface area contributed by atoms with Gasteiger partial charge in [-0.15, -0.1) is 11.3 Å². The molecule has 0 aromatic carbocycles. The Morgan fingerprint density at radius 3 is 2.72 bits per heavy atom. The molecule has 0 bridgehead atoms. The van der Waals surface area contributed by atoms with Crippen LogP contribution < -0.4 is 10.6 Å². The maximum Gasteiger partial charge on any atom is 0.240 e. The monoisotopic (exact) mass is 365 g/mol. The van der Waals surface area contributed by atoms with E-state index in [-0.39, 0.29) is 5.91 Å². The number of amides is 1. The third kappa shape index (κ3) is 6.02. The second-order valence-electron chi connectivity index (χ2n) is 7.29. The lowest BCUT2D eigenvalue weighted by Crippen LogP contribution is -2.39. The van der Waals surface area contributed by atoms with Gasteiger partial charge in [0.25, 0.3) is 0 Å². The van der Waals surface area contributed by atoms with Gasteiger partial charge in [0.2, 0.25) is 5.91 Å². The maximum absolute atomic E-state index is 12.3. The Morgan fingerprint density at radius 1 is 1.24 bits per heavy atom. The van der Waals surface area contributed by atoms with Crippen LogP contribution in [0.1, 0.15) is 37.8 Å². The molecule has 2 aliphatic rings. The third-order valence-electron chi connectivity index (χ3n) is 5.26. The van der Waals surface area contributed by atoms with Crippen LogP contribution in [0.15, 0.2) is 5.38 Å². The first-order valence-electron chi connectivity index (χ1n) is 9.56. The van der Waals surface area contributed by atoms with Crippen molar-refractivity contribution in [2.24, 2.45) is 5.92 Å². The molecule has 2 saturated heterocycles. The fraction of sp³-hybridized carbons (Fsp3) is 0.778. The first kappa shape index (κ1) is 18.8. The number of carbonyl (C=O) groups is 1. The van der Waals surface area contributed by atoms with Crippen LogP contribution in [0.25, 0.3) is 0 Å². The summed E-state index contributed by atoms with van der Waals surface area (Å²) in [4.78, 5) is 21.6. The van der Waals surface area contributed by atoms with Crippen LogP contribution in [0.4, 0.5) is 5.13 Å². The van der Waals surface area contributed by atoms with Gasteiger partial charge < -0.3 is 10.6 Å². The zero-order chi connectivity index (χ0) is 17.5. The highest BCUT2D eigenvalue weighted by Crippen LogP contribution is 2.21. The Morgan fingerprint density at radius 2 is 2.00 bits per heavy atom. The fourth-order valence-electron chi connectivity index (χ4n) is 3.75. The van der Waals surface area contributed by atoms with Gasteiger partial charge in [-0.25, -0.2) is 4.98 Å². The summed E-state index contributed by atoms with van der Waals surface area (Å²) in [5.41, 5.74) is 1.08. The van der Waals surface area contributed by atoms with E-state index in [0.29, 0.717) is 6.54 Å². The third-order valence-corrected chi connectivity index (χ3v) is 6.07. The molecule has 3 rings (SSSR count). The minimum absolute atomic E-state index is 0.0655. The molecular formula is C18H31N5OS. The first-order valence-corrected chi connectivity index (χ1v) is 10.4. The van der Waals surface area contributed by atoms with E-state index in [2.05, 4.69) is 30.8 Å². The van der Waals surface area contributed by atoms with E-state index in [0.717, 1.165) is 42.9 Å². The molecule has 1 aromatic rings. The fourth-order valence-corrected chi connectivity index (χ4v) is 4.47. The molecule has 7 heteroatoms. The summed E-state index contributed by atoms with van der Waals surface area (Å²) in [5.74, 6) is 0.870. The van der Waals surface area contributed by atoms with E-state index < -0.39 is 0 Å². The smallest absolute Gasteiger partial charge is 0.240 e. The van der Waals surface area contributed by atoms with Crippen molar-refractivity contribution in [1.82, 2.24) is 20.1 Å². The summed E-state index contributed by atoms with van der Waals surface area (Å²) >= 11 is 1.54. The first-order chi connectivity index (χ1) is 12.2. The molecule has 1 aromatic heterocycles. The normalized spacial score (nSPS) is 20.2. The summed E-state index contributed by atoms with van der Waals surface area (Å²) in [5, 5.41) is 9.01. The number of nitrogens with one attached hydrogen (secondary N) is 2. The number of hydrogen-bond acceptors (Lipinski definition) is 6. The van der Waals surface area contributed by atoms with Crippen molar-refractivity contribution in [2.45, 2.75) is 38.6 Å². The highest BCUT2D eigenvalue weighted by atomic mass is 32.1. The SMILES string of the molecule is CNCCC1CCN(CC(=O)Nc2nc(CN3CCCC3)cs2)CC1. The van der Waals surface area contributed by atoms with E-state index >= 15 is 0 Å². The molecule has 0 radical (unpaired) electrons. The van der Waals surface area contributed by atoms with Gasteiger partial charge in [-0.2, -0.15) is 0 Å². The predicted octanol–water partition coefficient (Wildman–Crippen LogP) is 2.00. The number of rotatable bonds is 8. The van der Waals surface area contributed by atoms with Gasteiger partial charge >= 0.3 is 0 Å². The van der Waals surface area contributed by atoms with Crippen molar-refractivity contribution >= 4 is 22.4 Å². The van der Waals surface area contributed by atoms with Gasteiger partial charge in [-0.05, 0) is 77.8 Å². The molecule has 25 heavy (non-hydrogen) atoms. The summed E-state index contributed by atoms with van der Waals surface area (Å²) < 4.78 is 0. The van der Waals surface area contributed by atoms with Crippen LogP contribution in [-0.4, -0.2) is 67.0 Å². The highest BCUT2D eigenvalue weighted by Gasteiger charge is 2.21. The summed E-state index contributed by atoms with van der Waals surface area (Å²) in [6, 6.07) is 0. The standard InChI is InChI=1S/C18H31N5OS/c1-19-7-4-15-5-10-23(11-6-15)13-17(24)21-18-20-16(14-25-18)12-22-8-2-3-9-22/h14-15,19H,2-13H2,1H3,(H,20,21,24). The number of aromatic nitrogens is 1. The van der Waals surface area contributed by atoms with E-state index in [1.807, 2.05) is 7.05 Å². The van der Waals surface area contributed by atoms with E-state index in [4.69, 9.17) is 0 Å². The number of thiazole rings is 1. The van der Waals surface area contributed by atoms with Gasteiger partial charge in [-0.1, -0.05) is 0 Å². The number of likely N-dealkylation sites (tertiary alicyclic amines) is 2. The van der Waals surface area contributed by atoms with Gasteiger partial charge in [0.15, 0.2) is 5.13 Å². The van der Waals surface area contributed by atoms with E-state index in [9.17, 15) is 4.79 Å². The van der Waals surface area contributed by atoms with Gasteiger partial charge in [0.05, 0.1) is 12.2 Å². The quantitative estimate of drug-likeness (QED) is 0.738. The maximum atomic E-state index is 12.3. The lowest BCUT2D eigenvalue weighted by atomic mass is 9.93. The van der Waals surface area contributed by atoms with Crippen LogP contribution >= 0.6 is 11.3 Å². The Kier molecular flexibility index (Phi) is 7.22. The van der Waals surface area contributed by atoms with Crippen molar-refractivity contribution in [2.75, 3.05) is 51.6 Å². The zero-order valence-electron chi connectivity index (χ0n) is 15.3. The van der Waals surface area contributed by atoms with Crippen LogP contribution in [0.3, 0.4) is 0 Å². The second kappa shape index (κ2) is 9.62. The molecule has 0 unspecified atom stereocenters. The number of anilines is 1. The molecule has 2 fully saturated rings. The van der Waals surface area contributed by atoms with Gasteiger partial charge in [-0.3, -0.25) is 14.6 Å². The van der Waals surface area contributed by atoms with Crippen LogP contribution in [-0.2, 0) is 11.3 Å². The lowest BCUT2D eigenvalue weighted by Gasteiger charge is -2.31. The molecule has 3 heterocycles. The average Bonchev–Trinajstić information content (AvgIpc) is 3.27. The van der Waals surface area contributed by atoms with Gasteiger partial charge in [0, 0.05) is 11.9 Å². The molecular weight excluding hydrogens is 334 g/mol. The van der Waals surface area contributed by atoms with Crippen molar-refractivity contribution < 1.29 is 4.79 Å². The van der Waals surface area contributed by atoms with Crippen LogP contribution in [0, 0.1) is 5.92 Å². The Bertz CT molecular complexity index is 535. The summed E-state index contributed by atoms with van der Waals surface area (Å²) in [6.07, 6.45) is 6.23. The average molecular weight is 366 g/mol. The molecule has 0 saturated carbocycles. The van der Waals surface area contributed by atoms with Crippen molar-refractivity contribution in [3.05, 3.63) is 11.1 Å². The molecule has 0 spiro atoms. The molecule has 1 amide bonds. The number of hydrogen-bond donors (Lipinski definition) is 2. The zero-order valence-corrected chi connectivity index (χ0v) is 16.1.